The van der Waals surface area contributed by atoms with Gasteiger partial charge in [0.2, 0.25) is 0 Å². The van der Waals surface area contributed by atoms with Crippen molar-refractivity contribution in [3.63, 3.8) is 0 Å². The molecule has 1 saturated heterocycles. The predicted octanol–water partition coefficient (Wildman–Crippen LogP) is 1.81. The van der Waals surface area contributed by atoms with Gasteiger partial charge in [-0.05, 0) is 31.5 Å². The van der Waals surface area contributed by atoms with Crippen molar-refractivity contribution in [1.29, 1.82) is 0 Å². The van der Waals surface area contributed by atoms with Crippen LogP contribution in [0.15, 0.2) is 24.3 Å². The first-order chi connectivity index (χ1) is 9.24. The molecule has 0 radical (unpaired) electrons. The Morgan fingerprint density at radius 1 is 1.42 bits per heavy atom. The van der Waals surface area contributed by atoms with Crippen LogP contribution in [-0.2, 0) is 4.74 Å². The third-order valence-corrected chi connectivity index (χ3v) is 3.65. The zero-order valence-electron chi connectivity index (χ0n) is 11.8. The molecule has 1 fully saturated rings. The lowest BCUT2D eigenvalue weighted by molar-refractivity contribution is -0.0364. The van der Waals surface area contributed by atoms with E-state index in [2.05, 4.69) is 24.0 Å². The summed E-state index contributed by atoms with van der Waals surface area (Å²) in [7, 11) is 0. The molecule has 2 unspecified atom stereocenters. The maximum atomic E-state index is 5.69. The molecule has 1 aromatic carbocycles. The summed E-state index contributed by atoms with van der Waals surface area (Å²) < 4.78 is 11.1. The Bertz CT molecular complexity index is 380. The van der Waals surface area contributed by atoms with Crippen molar-refractivity contribution in [1.82, 2.24) is 4.90 Å². The SMILES string of the molecule is CCOc1ccc(C(C)N2CCOC(CN)C2)cc1. The molecule has 4 heteroatoms. The number of hydrogen-bond acceptors (Lipinski definition) is 4. The van der Waals surface area contributed by atoms with Crippen LogP contribution in [0.2, 0.25) is 0 Å². The average molecular weight is 264 g/mol. The van der Waals surface area contributed by atoms with Gasteiger partial charge >= 0.3 is 0 Å². The zero-order valence-corrected chi connectivity index (χ0v) is 11.8. The van der Waals surface area contributed by atoms with E-state index < -0.39 is 0 Å². The van der Waals surface area contributed by atoms with Gasteiger partial charge in [0, 0.05) is 25.7 Å². The summed E-state index contributed by atoms with van der Waals surface area (Å²) in [4.78, 5) is 2.43. The Balaban J connectivity index is 1.99. The van der Waals surface area contributed by atoms with Gasteiger partial charge in [-0.3, -0.25) is 4.90 Å². The van der Waals surface area contributed by atoms with E-state index in [0.29, 0.717) is 19.2 Å². The first kappa shape index (κ1) is 14.3. The van der Waals surface area contributed by atoms with Crippen molar-refractivity contribution in [2.45, 2.75) is 26.0 Å². The molecule has 1 aliphatic rings. The minimum Gasteiger partial charge on any atom is -0.494 e. The molecule has 0 saturated carbocycles. The largest absolute Gasteiger partial charge is 0.494 e. The second-order valence-corrected chi connectivity index (χ2v) is 4.90. The quantitative estimate of drug-likeness (QED) is 0.881. The monoisotopic (exact) mass is 264 g/mol. The van der Waals surface area contributed by atoms with Crippen molar-refractivity contribution < 1.29 is 9.47 Å². The Morgan fingerprint density at radius 2 is 2.16 bits per heavy atom. The Morgan fingerprint density at radius 3 is 2.79 bits per heavy atom. The summed E-state index contributed by atoms with van der Waals surface area (Å²) >= 11 is 0. The highest BCUT2D eigenvalue weighted by Gasteiger charge is 2.23. The Labute approximate surface area is 115 Å². The highest BCUT2D eigenvalue weighted by molar-refractivity contribution is 5.29. The minimum atomic E-state index is 0.166. The van der Waals surface area contributed by atoms with Crippen LogP contribution in [-0.4, -0.2) is 43.9 Å². The highest BCUT2D eigenvalue weighted by Crippen LogP contribution is 2.24. The smallest absolute Gasteiger partial charge is 0.119 e. The second-order valence-electron chi connectivity index (χ2n) is 4.90. The van der Waals surface area contributed by atoms with Gasteiger partial charge in [0.1, 0.15) is 5.75 Å². The maximum absolute atomic E-state index is 5.69. The van der Waals surface area contributed by atoms with Crippen LogP contribution < -0.4 is 10.5 Å². The lowest BCUT2D eigenvalue weighted by Crippen LogP contribution is -2.46. The second kappa shape index (κ2) is 6.89. The fourth-order valence-electron chi connectivity index (χ4n) is 2.46. The van der Waals surface area contributed by atoms with Gasteiger partial charge in [-0.15, -0.1) is 0 Å². The van der Waals surface area contributed by atoms with Gasteiger partial charge in [-0.2, -0.15) is 0 Å². The van der Waals surface area contributed by atoms with Crippen LogP contribution in [0.3, 0.4) is 0 Å². The van der Waals surface area contributed by atoms with Crippen molar-refractivity contribution >= 4 is 0 Å². The highest BCUT2D eigenvalue weighted by atomic mass is 16.5. The Kier molecular flexibility index (Phi) is 5.19. The van der Waals surface area contributed by atoms with Crippen LogP contribution in [0.4, 0.5) is 0 Å². The van der Waals surface area contributed by atoms with Gasteiger partial charge in [-0.1, -0.05) is 12.1 Å². The third kappa shape index (κ3) is 3.69. The molecule has 106 valence electrons. The number of benzene rings is 1. The number of morpholine rings is 1. The van der Waals surface area contributed by atoms with Crippen LogP contribution in [0.1, 0.15) is 25.5 Å². The summed E-state index contributed by atoms with van der Waals surface area (Å²) in [6, 6.07) is 8.74. The number of nitrogens with two attached hydrogens (primary N) is 1. The lowest BCUT2D eigenvalue weighted by atomic mass is 10.1. The standard InChI is InChI=1S/C15H24N2O2/c1-3-18-14-6-4-13(5-7-14)12(2)17-8-9-19-15(10-16)11-17/h4-7,12,15H,3,8-11,16H2,1-2H3. The molecule has 2 atom stereocenters. The summed E-state index contributed by atoms with van der Waals surface area (Å²) in [5, 5.41) is 0. The summed E-state index contributed by atoms with van der Waals surface area (Å²) in [6.07, 6.45) is 0.166. The fourth-order valence-corrected chi connectivity index (χ4v) is 2.46. The lowest BCUT2D eigenvalue weighted by Gasteiger charge is -2.36. The number of rotatable bonds is 5. The molecule has 1 aliphatic heterocycles. The molecule has 0 aromatic heterocycles. The molecule has 2 rings (SSSR count). The topological polar surface area (TPSA) is 47.7 Å². The maximum Gasteiger partial charge on any atom is 0.119 e. The van der Waals surface area contributed by atoms with E-state index >= 15 is 0 Å². The molecule has 19 heavy (non-hydrogen) atoms. The molecule has 4 nitrogen and oxygen atoms in total. The molecular formula is C15H24N2O2. The van der Waals surface area contributed by atoms with E-state index in [1.54, 1.807) is 0 Å². The van der Waals surface area contributed by atoms with Crippen LogP contribution in [0.5, 0.6) is 5.75 Å². The van der Waals surface area contributed by atoms with E-state index in [1.165, 1.54) is 5.56 Å². The molecule has 0 bridgehead atoms. The first-order valence-corrected chi connectivity index (χ1v) is 7.03. The molecule has 0 aliphatic carbocycles. The van der Waals surface area contributed by atoms with Gasteiger partial charge in [0.05, 0.1) is 19.3 Å². The number of nitrogens with zero attached hydrogens (tertiary/aromatic N) is 1. The van der Waals surface area contributed by atoms with Crippen molar-refractivity contribution in [2.24, 2.45) is 5.73 Å². The Hall–Kier alpha value is -1.10. The number of ether oxygens (including phenoxy) is 2. The van der Waals surface area contributed by atoms with Gasteiger partial charge < -0.3 is 15.2 Å². The fraction of sp³-hybridized carbons (Fsp3) is 0.600. The van der Waals surface area contributed by atoms with Crippen molar-refractivity contribution in [2.75, 3.05) is 32.8 Å². The average Bonchev–Trinajstić information content (AvgIpc) is 2.48. The normalized spacial score (nSPS) is 22.2. The molecular weight excluding hydrogens is 240 g/mol. The summed E-state index contributed by atoms with van der Waals surface area (Å²) in [6.45, 7) is 8.16. The van der Waals surface area contributed by atoms with Crippen molar-refractivity contribution in [3.8, 4) is 5.75 Å². The third-order valence-electron chi connectivity index (χ3n) is 3.65. The minimum absolute atomic E-state index is 0.166. The van der Waals surface area contributed by atoms with Crippen molar-refractivity contribution in [3.05, 3.63) is 29.8 Å². The summed E-state index contributed by atoms with van der Waals surface area (Å²) in [5.41, 5.74) is 7.00. The van der Waals surface area contributed by atoms with Crippen LogP contribution >= 0.6 is 0 Å². The van der Waals surface area contributed by atoms with E-state index in [-0.39, 0.29) is 6.10 Å². The van der Waals surface area contributed by atoms with Crippen LogP contribution in [0.25, 0.3) is 0 Å². The zero-order chi connectivity index (χ0) is 13.7. The van der Waals surface area contributed by atoms with E-state index in [1.807, 2.05) is 19.1 Å². The first-order valence-electron chi connectivity index (χ1n) is 7.03. The molecule has 0 spiro atoms. The van der Waals surface area contributed by atoms with E-state index in [0.717, 1.165) is 25.4 Å². The number of hydrogen-bond donors (Lipinski definition) is 1. The predicted molar refractivity (Wildman–Crippen MR) is 76.4 cm³/mol. The molecule has 2 N–H and O–H groups in total. The van der Waals surface area contributed by atoms with Gasteiger partial charge in [0.25, 0.3) is 0 Å². The van der Waals surface area contributed by atoms with E-state index in [4.69, 9.17) is 15.2 Å². The van der Waals surface area contributed by atoms with Gasteiger partial charge in [0.15, 0.2) is 0 Å². The molecule has 0 amide bonds. The summed E-state index contributed by atoms with van der Waals surface area (Å²) in [5.74, 6) is 0.931. The molecule has 1 heterocycles. The van der Waals surface area contributed by atoms with Crippen LogP contribution in [0, 0.1) is 0 Å². The molecule has 1 aromatic rings. The van der Waals surface area contributed by atoms with E-state index in [9.17, 15) is 0 Å². The van der Waals surface area contributed by atoms with Gasteiger partial charge in [-0.25, -0.2) is 0 Å².